The molecule has 92 valence electrons. The largest absolute Gasteiger partial charge is 0.377 e. The van der Waals surface area contributed by atoms with Crippen LogP contribution in [0.1, 0.15) is 59.8 Å². The highest BCUT2D eigenvalue weighted by molar-refractivity contribution is 4.75. The number of hydrogen-bond donors (Lipinski definition) is 1. The highest BCUT2D eigenvalue weighted by atomic mass is 16.5. The van der Waals surface area contributed by atoms with Crippen molar-refractivity contribution in [2.24, 2.45) is 0 Å². The summed E-state index contributed by atoms with van der Waals surface area (Å²) in [7, 11) is 0. The number of unbranched alkanes of at least 4 members (excludes halogenated alkanes) is 2. The van der Waals surface area contributed by atoms with Gasteiger partial charge in [0.1, 0.15) is 0 Å². The summed E-state index contributed by atoms with van der Waals surface area (Å²) in [4.78, 5) is 0. The number of rotatable bonds is 10. The second kappa shape index (κ2) is 10.4. The molecule has 0 spiro atoms. The molecule has 0 saturated heterocycles. The monoisotopic (exact) mass is 215 g/mol. The molecule has 0 rings (SSSR count). The van der Waals surface area contributed by atoms with Crippen LogP contribution in [0.2, 0.25) is 0 Å². The molecule has 0 aliphatic heterocycles. The van der Waals surface area contributed by atoms with Crippen LogP contribution in [0.3, 0.4) is 0 Å². The van der Waals surface area contributed by atoms with Gasteiger partial charge >= 0.3 is 0 Å². The van der Waals surface area contributed by atoms with Crippen molar-refractivity contribution in [3.63, 3.8) is 0 Å². The van der Waals surface area contributed by atoms with Crippen molar-refractivity contribution < 1.29 is 4.74 Å². The van der Waals surface area contributed by atoms with Gasteiger partial charge in [0, 0.05) is 12.6 Å². The Bertz CT molecular complexity index is 128. The van der Waals surface area contributed by atoms with Crippen molar-refractivity contribution in [1.82, 2.24) is 5.32 Å². The van der Waals surface area contributed by atoms with Crippen LogP contribution >= 0.6 is 0 Å². The molecule has 1 N–H and O–H groups in total. The van der Waals surface area contributed by atoms with Gasteiger partial charge < -0.3 is 10.1 Å². The van der Waals surface area contributed by atoms with E-state index < -0.39 is 0 Å². The molecule has 0 aromatic rings. The molecular formula is C13H29NO. The van der Waals surface area contributed by atoms with Gasteiger partial charge in [0.2, 0.25) is 0 Å². The van der Waals surface area contributed by atoms with Gasteiger partial charge in [-0.15, -0.1) is 0 Å². The maximum absolute atomic E-state index is 5.77. The molecule has 2 unspecified atom stereocenters. The topological polar surface area (TPSA) is 21.3 Å². The lowest BCUT2D eigenvalue weighted by atomic mass is 10.0. The van der Waals surface area contributed by atoms with Crippen molar-refractivity contribution in [2.45, 2.75) is 71.9 Å². The Morgan fingerprint density at radius 1 is 1.07 bits per heavy atom. The minimum Gasteiger partial charge on any atom is -0.377 e. The summed E-state index contributed by atoms with van der Waals surface area (Å²) in [6.45, 7) is 10.6. The van der Waals surface area contributed by atoms with Crippen LogP contribution < -0.4 is 5.32 Å². The van der Waals surface area contributed by atoms with Crippen LogP contribution in [-0.4, -0.2) is 25.3 Å². The van der Waals surface area contributed by atoms with Gasteiger partial charge in [0.15, 0.2) is 0 Å². The molecule has 0 radical (unpaired) electrons. The smallest absolute Gasteiger partial charge is 0.0725 e. The van der Waals surface area contributed by atoms with E-state index in [9.17, 15) is 0 Å². The molecule has 0 saturated carbocycles. The Labute approximate surface area is 95.8 Å². The first-order valence-electron chi connectivity index (χ1n) is 6.64. The van der Waals surface area contributed by atoms with Gasteiger partial charge in [-0.2, -0.15) is 0 Å². The third-order valence-electron chi connectivity index (χ3n) is 2.82. The number of nitrogens with one attached hydrogen (secondary N) is 1. The number of ether oxygens (including phenoxy) is 1. The van der Waals surface area contributed by atoms with E-state index in [1.807, 2.05) is 0 Å². The van der Waals surface area contributed by atoms with Crippen LogP contribution in [0.15, 0.2) is 0 Å². The summed E-state index contributed by atoms with van der Waals surface area (Å²) in [6.07, 6.45) is 6.70. The normalized spacial score (nSPS) is 15.2. The number of hydrogen-bond acceptors (Lipinski definition) is 2. The molecule has 0 aromatic heterocycles. The van der Waals surface area contributed by atoms with Crippen LogP contribution in [-0.2, 0) is 4.74 Å². The van der Waals surface area contributed by atoms with E-state index in [0.29, 0.717) is 12.1 Å². The van der Waals surface area contributed by atoms with Gasteiger partial charge in [0.05, 0.1) is 6.10 Å². The quantitative estimate of drug-likeness (QED) is 0.564. The molecule has 0 aliphatic carbocycles. The van der Waals surface area contributed by atoms with E-state index >= 15 is 0 Å². The third kappa shape index (κ3) is 6.91. The van der Waals surface area contributed by atoms with Gasteiger partial charge in [-0.1, -0.05) is 40.0 Å². The molecule has 0 aromatic carbocycles. The van der Waals surface area contributed by atoms with Crippen LogP contribution in [0.4, 0.5) is 0 Å². The Balaban J connectivity index is 3.95. The maximum Gasteiger partial charge on any atom is 0.0725 e. The lowest BCUT2D eigenvalue weighted by Gasteiger charge is -2.26. The van der Waals surface area contributed by atoms with Gasteiger partial charge in [-0.3, -0.25) is 0 Å². The fraction of sp³-hybridized carbons (Fsp3) is 1.00. The summed E-state index contributed by atoms with van der Waals surface area (Å²) in [6, 6.07) is 0.548. The standard InChI is InChI=1S/C13H29NO/c1-5-9-10-11-12(14-7-3)13(6-2)15-8-4/h12-14H,5-11H2,1-4H3. The molecule has 0 bridgehead atoms. The van der Waals surface area contributed by atoms with Crippen molar-refractivity contribution in [1.29, 1.82) is 0 Å². The minimum absolute atomic E-state index is 0.395. The molecule has 15 heavy (non-hydrogen) atoms. The fourth-order valence-electron chi connectivity index (χ4n) is 2.03. The lowest BCUT2D eigenvalue weighted by Crippen LogP contribution is -2.41. The van der Waals surface area contributed by atoms with Gasteiger partial charge in [-0.25, -0.2) is 0 Å². The van der Waals surface area contributed by atoms with E-state index in [1.54, 1.807) is 0 Å². The third-order valence-corrected chi connectivity index (χ3v) is 2.82. The Hall–Kier alpha value is -0.0800. The van der Waals surface area contributed by atoms with Crippen molar-refractivity contribution in [2.75, 3.05) is 13.2 Å². The Morgan fingerprint density at radius 3 is 2.27 bits per heavy atom. The van der Waals surface area contributed by atoms with Crippen LogP contribution in [0.25, 0.3) is 0 Å². The minimum atomic E-state index is 0.395. The van der Waals surface area contributed by atoms with Gasteiger partial charge in [0.25, 0.3) is 0 Å². The SMILES string of the molecule is CCCCCC(NCC)C(CC)OCC. The predicted octanol–water partition coefficient (Wildman–Crippen LogP) is 3.36. The van der Waals surface area contributed by atoms with Crippen molar-refractivity contribution in [3.8, 4) is 0 Å². The first-order valence-corrected chi connectivity index (χ1v) is 6.64. The number of likely N-dealkylation sites (N-methyl/N-ethyl adjacent to an activating group) is 1. The molecular weight excluding hydrogens is 186 g/mol. The summed E-state index contributed by atoms with van der Waals surface area (Å²) >= 11 is 0. The maximum atomic E-state index is 5.77. The summed E-state index contributed by atoms with van der Waals surface area (Å²) < 4.78 is 5.77. The van der Waals surface area contributed by atoms with E-state index in [1.165, 1.54) is 25.7 Å². The fourth-order valence-corrected chi connectivity index (χ4v) is 2.03. The van der Waals surface area contributed by atoms with E-state index in [-0.39, 0.29) is 0 Å². The Kier molecular flexibility index (Phi) is 10.4. The molecule has 2 heteroatoms. The predicted molar refractivity (Wildman–Crippen MR) is 67.3 cm³/mol. The molecule has 0 heterocycles. The molecule has 2 nitrogen and oxygen atoms in total. The van der Waals surface area contributed by atoms with Gasteiger partial charge in [-0.05, 0) is 26.3 Å². The van der Waals surface area contributed by atoms with Crippen LogP contribution in [0.5, 0.6) is 0 Å². The Morgan fingerprint density at radius 2 is 1.80 bits per heavy atom. The van der Waals surface area contributed by atoms with Crippen LogP contribution in [0, 0.1) is 0 Å². The summed E-state index contributed by atoms with van der Waals surface area (Å²) in [5.41, 5.74) is 0. The highest BCUT2D eigenvalue weighted by Crippen LogP contribution is 2.12. The summed E-state index contributed by atoms with van der Waals surface area (Å²) in [5, 5.41) is 3.55. The first kappa shape index (κ1) is 14.9. The molecule has 0 amide bonds. The van der Waals surface area contributed by atoms with E-state index in [4.69, 9.17) is 4.74 Å². The molecule has 0 fully saturated rings. The highest BCUT2D eigenvalue weighted by Gasteiger charge is 2.18. The average Bonchev–Trinajstić information content (AvgIpc) is 2.25. The molecule has 0 aliphatic rings. The van der Waals surface area contributed by atoms with E-state index in [0.717, 1.165) is 19.6 Å². The second-order valence-corrected chi connectivity index (χ2v) is 4.06. The van der Waals surface area contributed by atoms with Crippen molar-refractivity contribution in [3.05, 3.63) is 0 Å². The summed E-state index contributed by atoms with van der Waals surface area (Å²) in [5.74, 6) is 0. The zero-order valence-corrected chi connectivity index (χ0v) is 11.0. The second-order valence-electron chi connectivity index (χ2n) is 4.06. The zero-order valence-electron chi connectivity index (χ0n) is 11.0. The van der Waals surface area contributed by atoms with E-state index in [2.05, 4.69) is 33.0 Å². The first-order chi connectivity index (χ1) is 7.29. The zero-order chi connectivity index (χ0) is 11.5. The molecule has 2 atom stereocenters. The lowest BCUT2D eigenvalue weighted by molar-refractivity contribution is 0.0294. The van der Waals surface area contributed by atoms with Crippen molar-refractivity contribution >= 4 is 0 Å². The average molecular weight is 215 g/mol.